The van der Waals surface area contributed by atoms with Crippen LogP contribution in [0, 0.1) is 11.3 Å². The summed E-state index contributed by atoms with van der Waals surface area (Å²) in [4.78, 5) is 12.2. The van der Waals surface area contributed by atoms with E-state index in [0.717, 1.165) is 12.1 Å². The number of rotatable bonds is 1. The van der Waals surface area contributed by atoms with Crippen molar-refractivity contribution in [1.82, 2.24) is 5.43 Å². The summed E-state index contributed by atoms with van der Waals surface area (Å²) in [5, 5.41) is 4.29. The van der Waals surface area contributed by atoms with Gasteiger partial charge in [0.25, 0.3) is 0 Å². The summed E-state index contributed by atoms with van der Waals surface area (Å²) in [7, 11) is 0. The molecule has 1 N–H and O–H groups in total. The Morgan fingerprint density at radius 2 is 2.35 bits per heavy atom. The van der Waals surface area contributed by atoms with Gasteiger partial charge in [-0.3, -0.25) is 4.79 Å². The van der Waals surface area contributed by atoms with Crippen LogP contribution in [0.4, 0.5) is 0 Å². The van der Waals surface area contributed by atoms with Crippen LogP contribution in [0.1, 0.15) is 32.4 Å². The van der Waals surface area contributed by atoms with E-state index < -0.39 is 0 Å². The molecule has 2 heterocycles. The van der Waals surface area contributed by atoms with E-state index >= 15 is 0 Å². The summed E-state index contributed by atoms with van der Waals surface area (Å²) in [5.74, 6) is 0.846. The first-order chi connectivity index (χ1) is 8.07. The Balaban J connectivity index is 1.91. The molecule has 0 aromatic carbocycles. The highest BCUT2D eigenvalue weighted by Crippen LogP contribution is 2.39. The first-order valence-corrected chi connectivity index (χ1v) is 5.96. The van der Waals surface area contributed by atoms with E-state index in [2.05, 4.69) is 24.4 Å². The van der Waals surface area contributed by atoms with Gasteiger partial charge >= 0.3 is 0 Å². The quantitative estimate of drug-likeness (QED) is 0.805. The fraction of sp³-hybridized carbons (Fsp3) is 0.538. The summed E-state index contributed by atoms with van der Waals surface area (Å²) < 4.78 is 5.34. The van der Waals surface area contributed by atoms with Crippen LogP contribution in [0.15, 0.2) is 27.9 Å². The molecule has 1 aromatic rings. The van der Waals surface area contributed by atoms with E-state index in [1.54, 1.807) is 6.26 Å². The van der Waals surface area contributed by atoms with Crippen LogP contribution >= 0.6 is 0 Å². The number of furan rings is 1. The summed E-state index contributed by atoms with van der Waals surface area (Å²) >= 11 is 0. The fourth-order valence-electron chi connectivity index (χ4n) is 2.91. The van der Waals surface area contributed by atoms with Gasteiger partial charge in [0.2, 0.25) is 0 Å². The molecule has 4 heteroatoms. The third-order valence-electron chi connectivity index (χ3n) is 3.59. The van der Waals surface area contributed by atoms with Gasteiger partial charge in [-0.1, -0.05) is 13.8 Å². The van der Waals surface area contributed by atoms with Crippen LogP contribution < -0.4 is 5.43 Å². The largest absolute Gasteiger partial charge is 0.463 e. The molecule has 0 radical (unpaired) electrons. The second kappa shape index (κ2) is 3.45. The Labute approximate surface area is 100 Å². The van der Waals surface area contributed by atoms with Crippen molar-refractivity contribution in [2.24, 2.45) is 16.4 Å². The lowest BCUT2D eigenvalue weighted by molar-refractivity contribution is -0.126. The van der Waals surface area contributed by atoms with Gasteiger partial charge < -0.3 is 9.84 Å². The third-order valence-corrected chi connectivity index (χ3v) is 3.59. The molecule has 0 spiro atoms. The number of hydrogen-bond donors (Lipinski definition) is 1. The van der Waals surface area contributed by atoms with Crippen molar-refractivity contribution < 1.29 is 9.21 Å². The molecule has 2 aliphatic rings. The maximum absolute atomic E-state index is 12.2. The fourth-order valence-corrected chi connectivity index (χ4v) is 2.91. The van der Waals surface area contributed by atoms with Gasteiger partial charge in [0.15, 0.2) is 5.76 Å². The SMILES string of the molecule is CC1(C)CC(=O)[C@H]2C(c3ccco3)=NN[C@@H]2C1. The summed E-state index contributed by atoms with van der Waals surface area (Å²) in [6.45, 7) is 4.27. The molecule has 4 nitrogen and oxygen atoms in total. The molecule has 0 bridgehead atoms. The van der Waals surface area contributed by atoms with E-state index in [1.807, 2.05) is 12.1 Å². The van der Waals surface area contributed by atoms with Gasteiger partial charge in [-0.15, -0.1) is 0 Å². The Morgan fingerprint density at radius 1 is 1.53 bits per heavy atom. The van der Waals surface area contributed by atoms with Gasteiger partial charge in [0.05, 0.1) is 18.2 Å². The number of Topliss-reactive ketones (excluding diaryl/α,β-unsaturated/α-hetero) is 1. The second-order valence-electron chi connectivity index (χ2n) is 5.70. The number of fused-ring (bicyclic) bond motifs is 1. The zero-order valence-corrected chi connectivity index (χ0v) is 10.1. The van der Waals surface area contributed by atoms with Gasteiger partial charge in [-0.25, -0.2) is 0 Å². The Hall–Kier alpha value is -1.58. The lowest BCUT2D eigenvalue weighted by atomic mass is 9.68. The van der Waals surface area contributed by atoms with Crippen molar-refractivity contribution in [2.45, 2.75) is 32.7 Å². The van der Waals surface area contributed by atoms with Crippen LogP contribution in [-0.4, -0.2) is 17.5 Å². The van der Waals surface area contributed by atoms with E-state index in [9.17, 15) is 4.79 Å². The number of nitrogens with one attached hydrogen (secondary N) is 1. The molecular weight excluding hydrogens is 216 g/mol. The second-order valence-corrected chi connectivity index (χ2v) is 5.70. The molecule has 1 saturated carbocycles. The average Bonchev–Trinajstić information content (AvgIpc) is 2.81. The first kappa shape index (κ1) is 10.6. The number of carbonyl (C=O) groups is 1. The van der Waals surface area contributed by atoms with Crippen molar-refractivity contribution in [3.8, 4) is 0 Å². The molecule has 1 aliphatic carbocycles. The summed E-state index contributed by atoms with van der Waals surface area (Å²) in [6.07, 6.45) is 3.20. The van der Waals surface area contributed by atoms with E-state index in [0.29, 0.717) is 12.2 Å². The van der Waals surface area contributed by atoms with Gasteiger partial charge in [-0.2, -0.15) is 5.10 Å². The summed E-state index contributed by atoms with van der Waals surface area (Å²) in [5.41, 5.74) is 3.92. The predicted octanol–water partition coefficient (Wildman–Crippen LogP) is 1.96. The molecule has 17 heavy (non-hydrogen) atoms. The molecule has 90 valence electrons. The van der Waals surface area contributed by atoms with Gasteiger partial charge in [0.1, 0.15) is 11.5 Å². The monoisotopic (exact) mass is 232 g/mol. The maximum Gasteiger partial charge on any atom is 0.150 e. The van der Waals surface area contributed by atoms with Crippen LogP contribution in [0.25, 0.3) is 0 Å². The van der Waals surface area contributed by atoms with E-state index in [1.165, 1.54) is 0 Å². The van der Waals surface area contributed by atoms with Crippen LogP contribution in [0.3, 0.4) is 0 Å². The predicted molar refractivity (Wildman–Crippen MR) is 63.7 cm³/mol. The number of ketones is 1. The van der Waals surface area contributed by atoms with E-state index in [4.69, 9.17) is 4.42 Å². The molecule has 0 amide bonds. The third kappa shape index (κ3) is 1.68. The smallest absolute Gasteiger partial charge is 0.150 e. The molecule has 1 aromatic heterocycles. The van der Waals surface area contributed by atoms with E-state index in [-0.39, 0.29) is 23.2 Å². The summed E-state index contributed by atoms with van der Waals surface area (Å²) in [6, 6.07) is 3.81. The van der Waals surface area contributed by atoms with Crippen LogP contribution in [0.5, 0.6) is 0 Å². The highest BCUT2D eigenvalue weighted by atomic mass is 16.3. The molecular formula is C13H16N2O2. The molecule has 1 aliphatic heterocycles. The van der Waals surface area contributed by atoms with Gasteiger partial charge in [-0.05, 0) is 24.0 Å². The molecule has 1 fully saturated rings. The minimum atomic E-state index is -0.130. The van der Waals surface area contributed by atoms with Crippen molar-refractivity contribution in [3.63, 3.8) is 0 Å². The lowest BCUT2D eigenvalue weighted by Gasteiger charge is -2.35. The Morgan fingerprint density at radius 3 is 3.06 bits per heavy atom. The maximum atomic E-state index is 12.2. The van der Waals surface area contributed by atoms with Crippen molar-refractivity contribution in [2.75, 3.05) is 0 Å². The van der Waals surface area contributed by atoms with Crippen molar-refractivity contribution >= 4 is 11.5 Å². The average molecular weight is 232 g/mol. The molecule has 3 rings (SSSR count). The van der Waals surface area contributed by atoms with Crippen molar-refractivity contribution in [3.05, 3.63) is 24.2 Å². The normalized spacial score (nSPS) is 30.7. The molecule has 0 unspecified atom stereocenters. The molecule has 2 atom stereocenters. The highest BCUT2D eigenvalue weighted by molar-refractivity contribution is 6.14. The number of hydrogen-bond acceptors (Lipinski definition) is 4. The Bertz CT molecular complexity index is 474. The van der Waals surface area contributed by atoms with Crippen LogP contribution in [-0.2, 0) is 4.79 Å². The number of nitrogens with zero attached hydrogens (tertiary/aromatic N) is 1. The first-order valence-electron chi connectivity index (χ1n) is 5.96. The van der Waals surface area contributed by atoms with Crippen LogP contribution in [0.2, 0.25) is 0 Å². The number of carbonyl (C=O) groups excluding carboxylic acids is 1. The highest BCUT2D eigenvalue weighted by Gasteiger charge is 2.46. The lowest BCUT2D eigenvalue weighted by Crippen LogP contribution is -2.45. The molecule has 0 saturated heterocycles. The Kier molecular flexibility index (Phi) is 2.15. The zero-order chi connectivity index (χ0) is 12.0. The van der Waals surface area contributed by atoms with Gasteiger partial charge in [0, 0.05) is 6.42 Å². The zero-order valence-electron chi connectivity index (χ0n) is 10.1. The minimum absolute atomic E-state index is 0.0688. The van der Waals surface area contributed by atoms with Crippen molar-refractivity contribution in [1.29, 1.82) is 0 Å². The number of hydrazone groups is 1. The topological polar surface area (TPSA) is 54.6 Å². The minimum Gasteiger partial charge on any atom is -0.463 e. The standard InChI is InChI=1S/C13H16N2O2/c1-13(2)6-8-11(9(16)7-13)12(15-14-8)10-4-3-5-17-10/h3-5,8,11,14H,6-7H2,1-2H3/t8-,11+/m1/s1.